The zero-order chi connectivity index (χ0) is 9.19. The summed E-state index contributed by atoms with van der Waals surface area (Å²) in [6.45, 7) is 6.41. The fraction of sp³-hybridized carbons (Fsp3) is 0.667. The molecule has 1 saturated heterocycles. The van der Waals surface area contributed by atoms with Crippen molar-refractivity contribution in [3.8, 4) is 0 Å². The number of hydrogen-bond donors (Lipinski definition) is 2. The Labute approximate surface area is 72.5 Å². The highest BCUT2D eigenvalue weighted by Gasteiger charge is 2.40. The van der Waals surface area contributed by atoms with Gasteiger partial charge in [0.25, 0.3) is 0 Å². The average Bonchev–Trinajstić information content (AvgIpc) is 2.35. The maximum atomic E-state index is 11.0. The third kappa shape index (κ3) is 1.67. The molecule has 1 aliphatic heterocycles. The van der Waals surface area contributed by atoms with Crippen molar-refractivity contribution in [2.24, 2.45) is 0 Å². The topological polar surface area (TPSA) is 49.3 Å². The monoisotopic (exact) mass is 169 g/mol. The highest BCUT2D eigenvalue weighted by molar-refractivity contribution is 5.79. The van der Waals surface area contributed by atoms with Gasteiger partial charge in [-0.05, 0) is 32.7 Å². The highest BCUT2D eigenvalue weighted by atomic mass is 16.4. The van der Waals surface area contributed by atoms with Crippen molar-refractivity contribution in [3.05, 3.63) is 12.2 Å². The zero-order valence-electron chi connectivity index (χ0n) is 7.39. The predicted octanol–water partition coefficient (Wildman–Crippen LogP) is 1.16. The molecule has 3 nitrogen and oxygen atoms in total. The third-order valence-electron chi connectivity index (χ3n) is 2.26. The summed E-state index contributed by atoms with van der Waals surface area (Å²) in [7, 11) is 0. The fourth-order valence-electron chi connectivity index (χ4n) is 1.73. The highest BCUT2D eigenvalue weighted by Crippen LogP contribution is 2.26. The Morgan fingerprint density at radius 2 is 2.42 bits per heavy atom. The Balaban J connectivity index is 2.72. The van der Waals surface area contributed by atoms with Gasteiger partial charge < -0.3 is 10.4 Å². The van der Waals surface area contributed by atoms with Crippen molar-refractivity contribution >= 4 is 5.97 Å². The van der Waals surface area contributed by atoms with E-state index in [0.29, 0.717) is 6.42 Å². The summed E-state index contributed by atoms with van der Waals surface area (Å²) in [5.41, 5.74) is 0.207. The van der Waals surface area contributed by atoms with Crippen molar-refractivity contribution in [1.29, 1.82) is 0 Å². The Hall–Kier alpha value is -0.830. The molecular formula is C9H15NO2. The predicted molar refractivity (Wildman–Crippen MR) is 47.0 cm³/mol. The average molecular weight is 169 g/mol. The van der Waals surface area contributed by atoms with E-state index in [0.717, 1.165) is 25.0 Å². The first-order chi connectivity index (χ1) is 5.57. The molecule has 68 valence electrons. The number of aliphatic carboxylic acids is 1. The second-order valence-electron chi connectivity index (χ2n) is 3.55. The molecule has 1 rings (SSSR count). The zero-order valence-corrected chi connectivity index (χ0v) is 7.39. The summed E-state index contributed by atoms with van der Waals surface area (Å²) in [6.07, 6.45) is 2.21. The number of nitrogens with one attached hydrogen (secondary N) is 1. The molecule has 0 aromatic heterocycles. The summed E-state index contributed by atoms with van der Waals surface area (Å²) in [5, 5.41) is 12.0. The van der Waals surface area contributed by atoms with Crippen LogP contribution in [0.5, 0.6) is 0 Å². The second-order valence-corrected chi connectivity index (χ2v) is 3.55. The molecule has 1 heterocycles. The van der Waals surface area contributed by atoms with Gasteiger partial charge in [0.2, 0.25) is 0 Å². The van der Waals surface area contributed by atoms with Crippen molar-refractivity contribution in [3.63, 3.8) is 0 Å². The lowest BCUT2D eigenvalue weighted by Gasteiger charge is -2.24. The van der Waals surface area contributed by atoms with Crippen LogP contribution in [0.2, 0.25) is 0 Å². The van der Waals surface area contributed by atoms with E-state index in [4.69, 9.17) is 5.11 Å². The molecule has 2 N–H and O–H groups in total. The number of hydrogen-bond acceptors (Lipinski definition) is 2. The van der Waals surface area contributed by atoms with Crippen LogP contribution in [0.4, 0.5) is 0 Å². The van der Waals surface area contributed by atoms with Gasteiger partial charge in [0.05, 0.1) is 0 Å². The van der Waals surface area contributed by atoms with Crippen LogP contribution in [-0.4, -0.2) is 23.2 Å². The lowest BCUT2D eigenvalue weighted by Crippen LogP contribution is -2.47. The minimum Gasteiger partial charge on any atom is -0.480 e. The van der Waals surface area contributed by atoms with Crippen LogP contribution in [0.3, 0.4) is 0 Å². The largest absolute Gasteiger partial charge is 0.480 e. The molecule has 0 bridgehead atoms. The molecule has 1 aliphatic rings. The Morgan fingerprint density at radius 3 is 2.75 bits per heavy atom. The minimum atomic E-state index is -0.747. The van der Waals surface area contributed by atoms with Crippen molar-refractivity contribution in [2.75, 3.05) is 6.54 Å². The number of carboxylic acid groups (broad SMARTS) is 1. The van der Waals surface area contributed by atoms with E-state index in [-0.39, 0.29) is 0 Å². The fourth-order valence-corrected chi connectivity index (χ4v) is 1.73. The van der Waals surface area contributed by atoms with Gasteiger partial charge in [-0.2, -0.15) is 0 Å². The molecule has 0 spiro atoms. The van der Waals surface area contributed by atoms with Crippen LogP contribution < -0.4 is 5.32 Å². The van der Waals surface area contributed by atoms with Crippen LogP contribution in [0.25, 0.3) is 0 Å². The summed E-state index contributed by atoms with van der Waals surface area (Å²) < 4.78 is 0. The SMILES string of the molecule is C=C(C)CC1(C(=O)O)CCCN1. The van der Waals surface area contributed by atoms with Gasteiger partial charge in [-0.1, -0.05) is 5.57 Å². The van der Waals surface area contributed by atoms with E-state index in [9.17, 15) is 4.79 Å². The molecule has 12 heavy (non-hydrogen) atoms. The number of carbonyl (C=O) groups is 1. The van der Waals surface area contributed by atoms with Gasteiger partial charge in [0, 0.05) is 0 Å². The summed E-state index contributed by atoms with van der Waals surface area (Å²) in [6, 6.07) is 0. The Morgan fingerprint density at radius 1 is 1.75 bits per heavy atom. The first-order valence-electron chi connectivity index (χ1n) is 4.20. The molecule has 0 radical (unpaired) electrons. The van der Waals surface area contributed by atoms with Crippen molar-refractivity contribution in [1.82, 2.24) is 5.32 Å². The molecule has 1 unspecified atom stereocenters. The first-order valence-corrected chi connectivity index (χ1v) is 4.20. The van der Waals surface area contributed by atoms with E-state index >= 15 is 0 Å². The Kier molecular flexibility index (Phi) is 2.52. The van der Waals surface area contributed by atoms with E-state index < -0.39 is 11.5 Å². The van der Waals surface area contributed by atoms with Crippen molar-refractivity contribution < 1.29 is 9.90 Å². The molecule has 0 aromatic carbocycles. The van der Waals surface area contributed by atoms with Gasteiger partial charge in [-0.15, -0.1) is 6.58 Å². The quantitative estimate of drug-likeness (QED) is 0.623. The molecule has 0 amide bonds. The summed E-state index contributed by atoms with van der Waals surface area (Å²) in [5.74, 6) is -0.747. The van der Waals surface area contributed by atoms with Gasteiger partial charge in [0.1, 0.15) is 5.54 Å². The molecular weight excluding hydrogens is 154 g/mol. The van der Waals surface area contributed by atoms with Gasteiger partial charge >= 0.3 is 5.97 Å². The van der Waals surface area contributed by atoms with Gasteiger partial charge in [0.15, 0.2) is 0 Å². The number of rotatable bonds is 3. The molecule has 1 atom stereocenters. The first kappa shape index (κ1) is 9.26. The van der Waals surface area contributed by atoms with Crippen LogP contribution >= 0.6 is 0 Å². The lowest BCUT2D eigenvalue weighted by atomic mass is 9.90. The van der Waals surface area contributed by atoms with Crippen LogP contribution in [-0.2, 0) is 4.79 Å². The summed E-state index contributed by atoms with van der Waals surface area (Å²) >= 11 is 0. The smallest absolute Gasteiger partial charge is 0.324 e. The van der Waals surface area contributed by atoms with E-state index in [1.54, 1.807) is 0 Å². The van der Waals surface area contributed by atoms with E-state index in [1.165, 1.54) is 0 Å². The molecule has 0 saturated carbocycles. The summed E-state index contributed by atoms with van der Waals surface area (Å²) in [4.78, 5) is 11.0. The maximum Gasteiger partial charge on any atom is 0.324 e. The van der Waals surface area contributed by atoms with Crippen LogP contribution in [0.1, 0.15) is 26.2 Å². The minimum absolute atomic E-state index is 0.544. The van der Waals surface area contributed by atoms with Crippen molar-refractivity contribution in [2.45, 2.75) is 31.7 Å². The molecule has 0 aliphatic carbocycles. The van der Waals surface area contributed by atoms with E-state index in [2.05, 4.69) is 11.9 Å². The molecule has 3 heteroatoms. The maximum absolute atomic E-state index is 11.0. The molecule has 1 fully saturated rings. The molecule has 0 aromatic rings. The Bertz CT molecular complexity index is 205. The second kappa shape index (κ2) is 3.27. The van der Waals surface area contributed by atoms with Gasteiger partial charge in [-0.3, -0.25) is 4.79 Å². The van der Waals surface area contributed by atoms with Crippen LogP contribution in [0, 0.1) is 0 Å². The number of carboxylic acids is 1. The normalized spacial score (nSPS) is 28.8. The van der Waals surface area contributed by atoms with E-state index in [1.807, 2.05) is 6.92 Å². The lowest BCUT2D eigenvalue weighted by molar-refractivity contribution is -0.144. The van der Waals surface area contributed by atoms with Crippen LogP contribution in [0.15, 0.2) is 12.2 Å². The van der Waals surface area contributed by atoms with Gasteiger partial charge in [-0.25, -0.2) is 0 Å². The third-order valence-corrected chi connectivity index (χ3v) is 2.26. The standard InChI is InChI=1S/C9H15NO2/c1-7(2)6-9(8(11)12)4-3-5-10-9/h10H,1,3-6H2,2H3,(H,11,12).